The summed E-state index contributed by atoms with van der Waals surface area (Å²) in [5.74, 6) is -2.53. The van der Waals surface area contributed by atoms with Crippen LogP contribution in [0.25, 0.3) is 0 Å². The molecule has 3 N–H and O–H groups in total. The molecule has 2 rings (SSSR count). The Bertz CT molecular complexity index is 409. The third kappa shape index (κ3) is 2.57. The zero-order chi connectivity index (χ0) is 14.2. The van der Waals surface area contributed by atoms with E-state index in [1.165, 1.54) is 4.90 Å². The fourth-order valence-corrected chi connectivity index (χ4v) is 3.38. The number of carboxylic acids is 1. The third-order valence-corrected chi connectivity index (χ3v) is 4.30. The number of primary amides is 1. The number of hydrogen-bond acceptors (Lipinski definition) is 3. The highest BCUT2D eigenvalue weighted by atomic mass is 16.4. The molecule has 1 heterocycles. The maximum absolute atomic E-state index is 12.5. The van der Waals surface area contributed by atoms with Crippen molar-refractivity contribution < 1.29 is 19.5 Å². The molecule has 0 radical (unpaired) electrons. The van der Waals surface area contributed by atoms with Gasteiger partial charge in [0.25, 0.3) is 0 Å². The molecule has 4 unspecified atom stereocenters. The van der Waals surface area contributed by atoms with Gasteiger partial charge in [-0.1, -0.05) is 6.92 Å². The van der Waals surface area contributed by atoms with Gasteiger partial charge in [0.15, 0.2) is 0 Å². The van der Waals surface area contributed by atoms with Gasteiger partial charge in [0.1, 0.15) is 6.04 Å². The van der Waals surface area contributed by atoms with Crippen LogP contribution in [0.4, 0.5) is 0 Å². The summed E-state index contributed by atoms with van der Waals surface area (Å²) in [6.45, 7) is 2.46. The summed E-state index contributed by atoms with van der Waals surface area (Å²) >= 11 is 0. The molecule has 0 bridgehead atoms. The predicted octanol–water partition coefficient (Wildman–Crippen LogP) is 0.210. The minimum Gasteiger partial charge on any atom is -0.481 e. The van der Waals surface area contributed by atoms with Crippen LogP contribution in [0.1, 0.15) is 32.6 Å². The smallest absolute Gasteiger partial charge is 0.307 e. The fraction of sp³-hybridized carbons (Fsp3) is 0.769. The molecule has 1 saturated carbocycles. The summed E-state index contributed by atoms with van der Waals surface area (Å²) < 4.78 is 0. The molecule has 2 aliphatic rings. The zero-order valence-corrected chi connectivity index (χ0v) is 11.0. The number of rotatable bonds is 3. The number of aliphatic carboxylic acids is 1. The Morgan fingerprint density at radius 2 is 1.84 bits per heavy atom. The van der Waals surface area contributed by atoms with Crippen LogP contribution < -0.4 is 5.73 Å². The highest BCUT2D eigenvalue weighted by Crippen LogP contribution is 2.38. The molecule has 0 aromatic rings. The zero-order valence-electron chi connectivity index (χ0n) is 11.0. The molecule has 2 amide bonds. The van der Waals surface area contributed by atoms with Gasteiger partial charge in [-0.05, 0) is 31.6 Å². The van der Waals surface area contributed by atoms with Crippen LogP contribution in [0.5, 0.6) is 0 Å². The lowest BCUT2D eigenvalue weighted by molar-refractivity contribution is -0.150. The summed E-state index contributed by atoms with van der Waals surface area (Å²) in [7, 11) is 0. The second-order valence-corrected chi connectivity index (χ2v) is 5.72. The van der Waals surface area contributed by atoms with E-state index in [0.29, 0.717) is 25.8 Å². The molecule has 0 aromatic heterocycles. The highest BCUT2D eigenvalue weighted by Gasteiger charge is 2.45. The van der Waals surface area contributed by atoms with Crippen LogP contribution in [-0.4, -0.2) is 40.4 Å². The normalized spacial score (nSPS) is 34.5. The molecular weight excluding hydrogens is 248 g/mol. The monoisotopic (exact) mass is 268 g/mol. The Morgan fingerprint density at radius 3 is 2.42 bits per heavy atom. The van der Waals surface area contributed by atoms with Crippen LogP contribution in [-0.2, 0) is 14.4 Å². The standard InChI is InChI=1S/C13H20N2O4/c1-7-5-8(9(6-7)13(18)19)12(17)15-4-2-3-10(15)11(14)16/h7-10H,2-6H2,1H3,(H2,14,16)(H,18,19). The van der Waals surface area contributed by atoms with E-state index in [1.807, 2.05) is 6.92 Å². The summed E-state index contributed by atoms with van der Waals surface area (Å²) in [4.78, 5) is 36.5. The quantitative estimate of drug-likeness (QED) is 0.764. The van der Waals surface area contributed by atoms with Crippen LogP contribution in [0.15, 0.2) is 0 Å². The van der Waals surface area contributed by atoms with E-state index in [1.54, 1.807) is 0 Å². The first-order valence-corrected chi connectivity index (χ1v) is 6.74. The van der Waals surface area contributed by atoms with Crippen molar-refractivity contribution in [2.24, 2.45) is 23.5 Å². The Labute approximate surface area is 111 Å². The highest BCUT2D eigenvalue weighted by molar-refractivity contribution is 5.90. The molecule has 19 heavy (non-hydrogen) atoms. The number of likely N-dealkylation sites (tertiary alicyclic amines) is 1. The minimum absolute atomic E-state index is 0.210. The predicted molar refractivity (Wildman–Crippen MR) is 66.9 cm³/mol. The van der Waals surface area contributed by atoms with Gasteiger partial charge in [-0.15, -0.1) is 0 Å². The maximum Gasteiger partial charge on any atom is 0.307 e. The second kappa shape index (κ2) is 5.19. The summed E-state index contributed by atoms with van der Waals surface area (Å²) in [5, 5.41) is 9.21. The van der Waals surface area contributed by atoms with E-state index >= 15 is 0 Å². The first-order chi connectivity index (χ1) is 8.91. The molecule has 0 aromatic carbocycles. The number of carbonyl (C=O) groups excluding carboxylic acids is 2. The lowest BCUT2D eigenvalue weighted by Gasteiger charge is -2.27. The van der Waals surface area contributed by atoms with E-state index in [2.05, 4.69) is 0 Å². The molecule has 106 valence electrons. The van der Waals surface area contributed by atoms with Crippen LogP contribution in [0.3, 0.4) is 0 Å². The average molecular weight is 268 g/mol. The van der Waals surface area contributed by atoms with Crippen LogP contribution >= 0.6 is 0 Å². The van der Waals surface area contributed by atoms with Gasteiger partial charge in [-0.2, -0.15) is 0 Å². The van der Waals surface area contributed by atoms with Crippen molar-refractivity contribution in [3.8, 4) is 0 Å². The largest absolute Gasteiger partial charge is 0.481 e. The number of amides is 2. The van der Waals surface area contributed by atoms with Crippen molar-refractivity contribution in [3.63, 3.8) is 0 Å². The van der Waals surface area contributed by atoms with E-state index < -0.39 is 29.8 Å². The van der Waals surface area contributed by atoms with E-state index in [-0.39, 0.29) is 11.8 Å². The van der Waals surface area contributed by atoms with E-state index in [0.717, 1.165) is 6.42 Å². The van der Waals surface area contributed by atoms with Crippen molar-refractivity contribution in [3.05, 3.63) is 0 Å². The van der Waals surface area contributed by atoms with Gasteiger partial charge in [0.05, 0.1) is 11.8 Å². The number of nitrogens with two attached hydrogens (primary N) is 1. The molecular formula is C13H20N2O4. The number of nitrogens with zero attached hydrogens (tertiary/aromatic N) is 1. The van der Waals surface area contributed by atoms with Crippen molar-refractivity contribution in [1.29, 1.82) is 0 Å². The van der Waals surface area contributed by atoms with Gasteiger partial charge in [-0.25, -0.2) is 0 Å². The van der Waals surface area contributed by atoms with Crippen LogP contribution in [0, 0.1) is 17.8 Å². The lowest BCUT2D eigenvalue weighted by atomic mass is 9.94. The summed E-state index contributed by atoms with van der Waals surface area (Å²) in [6, 6.07) is -0.558. The second-order valence-electron chi connectivity index (χ2n) is 5.72. The van der Waals surface area contributed by atoms with Gasteiger partial charge in [0.2, 0.25) is 11.8 Å². The van der Waals surface area contributed by atoms with Crippen molar-refractivity contribution in [2.45, 2.75) is 38.6 Å². The molecule has 6 nitrogen and oxygen atoms in total. The SMILES string of the molecule is CC1CC(C(=O)O)C(C(=O)N2CCCC2C(N)=O)C1. The first kappa shape index (κ1) is 13.8. The molecule has 0 spiro atoms. The van der Waals surface area contributed by atoms with Gasteiger partial charge in [-0.3, -0.25) is 14.4 Å². The Balaban J connectivity index is 2.14. The molecule has 1 aliphatic heterocycles. The first-order valence-electron chi connectivity index (χ1n) is 6.74. The molecule has 1 aliphatic carbocycles. The van der Waals surface area contributed by atoms with E-state index in [4.69, 9.17) is 5.73 Å². The van der Waals surface area contributed by atoms with Crippen molar-refractivity contribution >= 4 is 17.8 Å². The van der Waals surface area contributed by atoms with Crippen molar-refractivity contribution in [1.82, 2.24) is 4.90 Å². The Morgan fingerprint density at radius 1 is 1.21 bits per heavy atom. The Hall–Kier alpha value is -1.59. The molecule has 2 fully saturated rings. The minimum atomic E-state index is -0.919. The van der Waals surface area contributed by atoms with Gasteiger partial charge < -0.3 is 15.7 Å². The maximum atomic E-state index is 12.5. The molecule has 4 atom stereocenters. The summed E-state index contributed by atoms with van der Waals surface area (Å²) in [5.41, 5.74) is 5.30. The van der Waals surface area contributed by atoms with Gasteiger partial charge >= 0.3 is 5.97 Å². The van der Waals surface area contributed by atoms with E-state index in [9.17, 15) is 19.5 Å². The number of hydrogen-bond donors (Lipinski definition) is 2. The van der Waals surface area contributed by atoms with Crippen molar-refractivity contribution in [2.75, 3.05) is 6.54 Å². The van der Waals surface area contributed by atoms with Gasteiger partial charge in [0, 0.05) is 6.54 Å². The fourth-order valence-electron chi connectivity index (χ4n) is 3.38. The Kier molecular flexibility index (Phi) is 3.78. The number of carbonyl (C=O) groups is 3. The van der Waals surface area contributed by atoms with Crippen LogP contribution in [0.2, 0.25) is 0 Å². The lowest BCUT2D eigenvalue weighted by Crippen LogP contribution is -2.47. The third-order valence-electron chi connectivity index (χ3n) is 4.30. The topological polar surface area (TPSA) is 101 Å². The molecule has 6 heteroatoms. The molecule has 1 saturated heterocycles. The average Bonchev–Trinajstić information content (AvgIpc) is 2.93. The number of carboxylic acid groups (broad SMARTS) is 1. The summed E-state index contributed by atoms with van der Waals surface area (Å²) in [6.07, 6.45) is 2.44.